The fraction of sp³-hybridized carbons (Fsp3) is 0.579. The van der Waals surface area contributed by atoms with E-state index in [0.29, 0.717) is 17.6 Å². The number of aromatic nitrogens is 3. The summed E-state index contributed by atoms with van der Waals surface area (Å²) in [6, 6.07) is 1.86. The van der Waals surface area contributed by atoms with Crippen molar-refractivity contribution in [3.05, 3.63) is 29.2 Å². The first-order valence-electron chi connectivity index (χ1n) is 10.7. The van der Waals surface area contributed by atoms with E-state index in [4.69, 9.17) is 25.9 Å². The smallest absolute Gasteiger partial charge is 0.340 e. The Morgan fingerprint density at radius 1 is 1.38 bits per heavy atom. The lowest BCUT2D eigenvalue weighted by Crippen LogP contribution is -2.25. The Labute approximate surface area is 200 Å². The molecule has 2 aromatic rings. The maximum atomic E-state index is 15.4. The lowest BCUT2D eigenvalue weighted by Gasteiger charge is -2.22. The van der Waals surface area contributed by atoms with Crippen LogP contribution < -0.4 is 5.32 Å². The highest BCUT2D eigenvalue weighted by Crippen LogP contribution is 2.55. The van der Waals surface area contributed by atoms with E-state index in [0.717, 1.165) is 30.3 Å². The average molecular weight is 541 g/mol. The summed E-state index contributed by atoms with van der Waals surface area (Å²) in [5, 5.41) is 14.1. The van der Waals surface area contributed by atoms with Gasteiger partial charge in [0.15, 0.2) is 11.6 Å². The van der Waals surface area contributed by atoms with Gasteiger partial charge >= 0.3 is 15.2 Å². The third-order valence-corrected chi connectivity index (χ3v) is 9.01. The zero-order valence-corrected chi connectivity index (χ0v) is 21.0. The van der Waals surface area contributed by atoms with Gasteiger partial charge in [-0.05, 0) is 24.8 Å². The Bertz CT molecular complexity index is 1140. The van der Waals surface area contributed by atoms with Crippen LogP contribution in [0.4, 0.5) is 10.1 Å². The van der Waals surface area contributed by atoms with E-state index >= 15 is 4.39 Å². The molecular weight excluding hydrogens is 513 g/mol. The van der Waals surface area contributed by atoms with Crippen molar-refractivity contribution < 1.29 is 37.8 Å². The van der Waals surface area contributed by atoms with E-state index in [1.54, 1.807) is 13.0 Å². The summed E-state index contributed by atoms with van der Waals surface area (Å²) in [6.45, 7) is 0.988. The first-order chi connectivity index (χ1) is 15.9. The van der Waals surface area contributed by atoms with Crippen LogP contribution in [0.15, 0.2) is 24.0 Å². The molecular formula is C19H28ClFN4O7P2. The predicted molar refractivity (Wildman–Crippen MR) is 126 cm³/mol. The number of pyridine rings is 1. The minimum absolute atomic E-state index is 0.0804. The monoisotopic (exact) mass is 540 g/mol. The summed E-state index contributed by atoms with van der Waals surface area (Å²) in [5.41, 5.74) is 1.01. The molecule has 1 saturated carbocycles. The van der Waals surface area contributed by atoms with Gasteiger partial charge in [0.25, 0.3) is 0 Å². The summed E-state index contributed by atoms with van der Waals surface area (Å²) in [4.78, 5) is 35.9. The minimum atomic E-state index is -4.83. The fourth-order valence-corrected chi connectivity index (χ4v) is 6.59. The van der Waals surface area contributed by atoms with Gasteiger partial charge in [0.2, 0.25) is 6.30 Å². The quantitative estimate of drug-likeness (QED) is 0.160. The van der Waals surface area contributed by atoms with Crippen molar-refractivity contribution in [3.8, 4) is 0 Å². The molecule has 0 aromatic carbocycles. The van der Waals surface area contributed by atoms with E-state index in [9.17, 15) is 19.1 Å². The predicted octanol–water partition coefficient (Wildman–Crippen LogP) is 3.94. The highest BCUT2D eigenvalue weighted by atomic mass is 35.5. The molecule has 2 heterocycles. The van der Waals surface area contributed by atoms with Crippen LogP contribution in [-0.2, 0) is 13.7 Å². The first kappa shape index (κ1) is 27.2. The van der Waals surface area contributed by atoms with Crippen LogP contribution in [0.25, 0.3) is 11.2 Å². The second kappa shape index (κ2) is 11.1. The number of aliphatic hydroxyl groups excluding tert-OH is 1. The molecule has 0 bridgehead atoms. The van der Waals surface area contributed by atoms with Gasteiger partial charge in [-0.2, -0.15) is 0 Å². The van der Waals surface area contributed by atoms with Crippen molar-refractivity contribution in [1.29, 1.82) is 0 Å². The Balaban J connectivity index is 1.82. The number of anilines is 1. The van der Waals surface area contributed by atoms with Crippen LogP contribution in [-0.4, -0.2) is 59.0 Å². The molecule has 1 fully saturated rings. The van der Waals surface area contributed by atoms with Gasteiger partial charge in [-0.3, -0.25) is 13.7 Å². The first-order valence-corrected chi connectivity index (χ1v) is 14.7. The van der Waals surface area contributed by atoms with Crippen molar-refractivity contribution in [2.75, 3.05) is 17.8 Å². The van der Waals surface area contributed by atoms with Crippen LogP contribution in [0.2, 0.25) is 5.15 Å². The van der Waals surface area contributed by atoms with E-state index in [1.165, 1.54) is 12.4 Å². The molecule has 0 radical (unpaired) electrons. The molecule has 0 aliphatic heterocycles. The number of halogens is 2. The molecule has 3 atom stereocenters. The normalized spacial score (nSPS) is 19.3. The molecule has 15 heteroatoms. The second-order valence-corrected chi connectivity index (χ2v) is 12.5. The standard InChI is InChI=1S/C19H28ClFN4O7P2/c1-2-5-12(9-32-34(30,31)11-33(27,28)29)17(26)18(21)25-10-22-16-14(8-15(20)24-19(16)25)23-13-6-3-4-7-13/h5,8,10,13,17-18,26H,2-4,6-7,9,11H2,1H3,(H,23,24)(H,30,31)(H2,27,28,29)/b12-5-/t17-,18-/m1/s1. The number of hydrogen-bond donors (Lipinski definition) is 5. The number of aliphatic hydroxyl groups is 1. The van der Waals surface area contributed by atoms with Crippen LogP contribution in [0.1, 0.15) is 45.3 Å². The SMILES string of the molecule is CC/C=C(/COP(=O)(O)CP(=O)(O)O)[C@@H](O)[C@H](F)n1cnc2c(NC3CCCC3)cc(Cl)nc21. The second-order valence-electron chi connectivity index (χ2n) is 8.16. The van der Waals surface area contributed by atoms with Gasteiger partial charge in [0, 0.05) is 12.1 Å². The molecule has 190 valence electrons. The van der Waals surface area contributed by atoms with Crippen molar-refractivity contribution >= 4 is 43.6 Å². The van der Waals surface area contributed by atoms with Crippen molar-refractivity contribution in [3.63, 3.8) is 0 Å². The molecule has 2 aromatic heterocycles. The molecule has 1 unspecified atom stereocenters. The molecule has 1 aliphatic rings. The van der Waals surface area contributed by atoms with E-state index in [1.807, 2.05) is 0 Å². The van der Waals surface area contributed by atoms with Gasteiger partial charge in [0.05, 0.1) is 18.6 Å². The Morgan fingerprint density at radius 3 is 2.68 bits per heavy atom. The highest BCUT2D eigenvalue weighted by molar-refractivity contribution is 7.70. The molecule has 0 amide bonds. The van der Waals surface area contributed by atoms with Gasteiger partial charge in [-0.25, -0.2) is 14.4 Å². The van der Waals surface area contributed by atoms with Crippen LogP contribution in [0.3, 0.4) is 0 Å². The number of allylic oxidation sites excluding steroid dienone is 1. The maximum absolute atomic E-state index is 15.4. The number of imidazole rings is 1. The van der Waals surface area contributed by atoms with Crippen molar-refractivity contribution in [2.24, 2.45) is 0 Å². The van der Waals surface area contributed by atoms with E-state index in [2.05, 4.69) is 15.3 Å². The van der Waals surface area contributed by atoms with Gasteiger partial charge in [-0.1, -0.05) is 37.4 Å². The third kappa shape index (κ3) is 7.08. The maximum Gasteiger partial charge on any atom is 0.340 e. The van der Waals surface area contributed by atoms with Crippen LogP contribution in [0.5, 0.6) is 0 Å². The highest BCUT2D eigenvalue weighted by Gasteiger charge is 2.33. The number of nitrogens with zero attached hydrogens (tertiary/aromatic N) is 3. The molecule has 5 N–H and O–H groups in total. The Morgan fingerprint density at radius 2 is 2.06 bits per heavy atom. The summed E-state index contributed by atoms with van der Waals surface area (Å²) < 4.78 is 44.2. The third-order valence-electron chi connectivity index (χ3n) is 5.38. The topological polar surface area (TPSA) is 167 Å². The molecule has 0 saturated heterocycles. The lowest BCUT2D eigenvalue weighted by molar-refractivity contribution is 0.0553. The molecule has 3 rings (SSSR count). The van der Waals surface area contributed by atoms with Gasteiger partial charge in [0.1, 0.15) is 16.8 Å². The Kier molecular flexibility index (Phi) is 8.92. The zero-order chi connectivity index (χ0) is 25.1. The summed E-state index contributed by atoms with van der Waals surface area (Å²) in [5.74, 6) is -1.39. The van der Waals surface area contributed by atoms with Crippen molar-refractivity contribution in [1.82, 2.24) is 14.5 Å². The van der Waals surface area contributed by atoms with E-state index < -0.39 is 40.1 Å². The summed E-state index contributed by atoms with van der Waals surface area (Å²) >= 11 is 6.16. The molecule has 1 aliphatic carbocycles. The van der Waals surface area contributed by atoms with Gasteiger partial charge < -0.3 is 29.6 Å². The molecule has 0 spiro atoms. The van der Waals surface area contributed by atoms with Gasteiger partial charge in [-0.15, -0.1) is 0 Å². The average Bonchev–Trinajstić information content (AvgIpc) is 3.38. The fourth-order valence-electron chi connectivity index (χ4n) is 3.86. The lowest BCUT2D eigenvalue weighted by atomic mass is 10.1. The van der Waals surface area contributed by atoms with Crippen molar-refractivity contribution in [2.45, 2.75) is 57.5 Å². The number of nitrogens with one attached hydrogen (secondary N) is 1. The number of fused-ring (bicyclic) bond motifs is 1. The number of hydrogen-bond acceptors (Lipinski definition) is 7. The van der Waals surface area contributed by atoms with Crippen LogP contribution >= 0.6 is 26.8 Å². The number of rotatable bonds is 11. The van der Waals surface area contributed by atoms with E-state index in [-0.39, 0.29) is 22.4 Å². The Hall–Kier alpha value is -1.36. The summed E-state index contributed by atoms with van der Waals surface area (Å²) in [6.07, 6.45) is 3.20. The summed E-state index contributed by atoms with van der Waals surface area (Å²) in [7, 11) is -9.51. The zero-order valence-electron chi connectivity index (χ0n) is 18.4. The van der Waals surface area contributed by atoms with Crippen LogP contribution in [0, 0.1) is 0 Å². The largest absolute Gasteiger partial charge is 0.384 e. The molecule has 34 heavy (non-hydrogen) atoms. The number of alkyl halides is 1. The molecule has 11 nitrogen and oxygen atoms in total. The minimum Gasteiger partial charge on any atom is -0.384 e.